The highest BCUT2D eigenvalue weighted by Gasteiger charge is 2.32. The zero-order valence-corrected chi connectivity index (χ0v) is 12.8. The van der Waals surface area contributed by atoms with Crippen molar-refractivity contribution in [2.45, 2.75) is 45.1 Å². The first-order valence-corrected chi connectivity index (χ1v) is 8.16. The summed E-state index contributed by atoms with van der Waals surface area (Å²) in [7, 11) is 0. The molecule has 1 aromatic rings. The number of anilines is 1. The number of fused-ring (bicyclic) bond motifs is 1. The summed E-state index contributed by atoms with van der Waals surface area (Å²) >= 11 is 0. The highest BCUT2D eigenvalue weighted by Crippen LogP contribution is 2.39. The third kappa shape index (κ3) is 2.91. The summed E-state index contributed by atoms with van der Waals surface area (Å²) in [4.78, 5) is 2.40. The zero-order chi connectivity index (χ0) is 14.8. The van der Waals surface area contributed by atoms with E-state index < -0.39 is 6.10 Å². The average molecular weight is 284 g/mol. The first-order valence-electron chi connectivity index (χ1n) is 8.16. The molecule has 2 aliphatic rings. The van der Waals surface area contributed by atoms with E-state index in [0.29, 0.717) is 5.56 Å². The van der Waals surface area contributed by atoms with Crippen molar-refractivity contribution in [1.82, 2.24) is 0 Å². The van der Waals surface area contributed by atoms with E-state index in [1.54, 1.807) is 13.0 Å². The monoisotopic (exact) mass is 284 g/mol. The topological polar surface area (TPSA) is 47.3 Å². The number of hydrogen-bond acceptors (Lipinski definition) is 3. The molecular weight excluding hydrogens is 260 g/mol. The van der Waals surface area contributed by atoms with Crippen LogP contribution in [0.5, 0.6) is 0 Å². The van der Waals surface area contributed by atoms with Crippen molar-refractivity contribution in [1.29, 1.82) is 5.26 Å². The van der Waals surface area contributed by atoms with Crippen molar-refractivity contribution < 1.29 is 5.11 Å². The average Bonchev–Trinajstić information content (AvgIpc) is 2.53. The molecule has 1 aliphatic heterocycles. The molecule has 112 valence electrons. The fraction of sp³-hybridized carbons (Fsp3) is 0.611. The van der Waals surface area contributed by atoms with Crippen LogP contribution in [0.1, 0.15) is 56.3 Å². The number of piperidine rings is 1. The lowest BCUT2D eigenvalue weighted by molar-refractivity contribution is 0.193. The Kier molecular flexibility index (Phi) is 4.17. The van der Waals surface area contributed by atoms with E-state index in [4.69, 9.17) is 5.26 Å². The molecule has 2 fully saturated rings. The summed E-state index contributed by atoms with van der Waals surface area (Å²) in [5, 5.41) is 19.2. The second-order valence-corrected chi connectivity index (χ2v) is 6.60. The van der Waals surface area contributed by atoms with Gasteiger partial charge in [-0.3, -0.25) is 0 Å². The van der Waals surface area contributed by atoms with E-state index in [0.717, 1.165) is 36.2 Å². The van der Waals surface area contributed by atoms with Crippen molar-refractivity contribution in [3.63, 3.8) is 0 Å². The minimum atomic E-state index is -0.489. The van der Waals surface area contributed by atoms with Gasteiger partial charge in [0.25, 0.3) is 0 Å². The SMILES string of the molecule is C[C@H](O)c1ccc(C#N)cc1N1CCC2CCCCC2C1. The quantitative estimate of drug-likeness (QED) is 0.902. The Morgan fingerprint density at radius 3 is 2.71 bits per heavy atom. The van der Waals surface area contributed by atoms with Crippen LogP contribution in [0.3, 0.4) is 0 Å². The molecule has 0 amide bonds. The molecule has 2 unspecified atom stereocenters. The molecule has 1 aliphatic carbocycles. The number of hydrogen-bond donors (Lipinski definition) is 1. The molecule has 1 aromatic carbocycles. The Morgan fingerprint density at radius 2 is 2.00 bits per heavy atom. The molecule has 3 rings (SSSR count). The molecule has 0 spiro atoms. The van der Waals surface area contributed by atoms with Crippen molar-refractivity contribution in [2.75, 3.05) is 18.0 Å². The second-order valence-electron chi connectivity index (χ2n) is 6.60. The first kappa shape index (κ1) is 14.4. The Balaban J connectivity index is 1.87. The summed E-state index contributed by atoms with van der Waals surface area (Å²) in [6, 6.07) is 7.88. The Morgan fingerprint density at radius 1 is 1.24 bits per heavy atom. The predicted octanol–water partition coefficient (Wildman–Crippen LogP) is 3.63. The van der Waals surface area contributed by atoms with Crippen molar-refractivity contribution >= 4 is 5.69 Å². The molecule has 1 N–H and O–H groups in total. The first-order chi connectivity index (χ1) is 10.2. The van der Waals surface area contributed by atoms with Crippen LogP contribution >= 0.6 is 0 Å². The van der Waals surface area contributed by atoms with E-state index in [2.05, 4.69) is 11.0 Å². The molecule has 3 atom stereocenters. The maximum atomic E-state index is 10.0. The molecule has 3 nitrogen and oxygen atoms in total. The number of rotatable bonds is 2. The highest BCUT2D eigenvalue weighted by atomic mass is 16.3. The zero-order valence-electron chi connectivity index (χ0n) is 12.8. The van der Waals surface area contributed by atoms with Crippen LogP contribution in [-0.2, 0) is 0 Å². The third-order valence-corrected chi connectivity index (χ3v) is 5.24. The molecule has 3 heteroatoms. The van der Waals surface area contributed by atoms with Gasteiger partial charge in [0.05, 0.1) is 17.7 Å². The highest BCUT2D eigenvalue weighted by molar-refractivity contribution is 5.58. The molecule has 1 saturated carbocycles. The Hall–Kier alpha value is -1.53. The fourth-order valence-electron chi connectivity index (χ4n) is 4.06. The number of aliphatic hydroxyl groups is 1. The molecule has 1 saturated heterocycles. The largest absolute Gasteiger partial charge is 0.389 e. The van der Waals surface area contributed by atoms with Crippen LogP contribution in [0.15, 0.2) is 18.2 Å². The van der Waals surface area contributed by atoms with Crippen molar-refractivity contribution in [2.24, 2.45) is 11.8 Å². The maximum Gasteiger partial charge on any atom is 0.0992 e. The summed E-state index contributed by atoms with van der Waals surface area (Å²) in [6.07, 6.45) is 6.24. The lowest BCUT2D eigenvalue weighted by atomic mass is 9.75. The van der Waals surface area contributed by atoms with E-state index in [-0.39, 0.29) is 0 Å². The van der Waals surface area contributed by atoms with Gasteiger partial charge in [0.1, 0.15) is 0 Å². The number of aliphatic hydroxyl groups excluding tert-OH is 1. The fourth-order valence-corrected chi connectivity index (χ4v) is 4.06. The summed E-state index contributed by atoms with van der Waals surface area (Å²) in [6.45, 7) is 3.94. The summed E-state index contributed by atoms with van der Waals surface area (Å²) < 4.78 is 0. The van der Waals surface area contributed by atoms with E-state index in [1.165, 1.54) is 32.1 Å². The van der Waals surface area contributed by atoms with Gasteiger partial charge in [-0.05, 0) is 43.7 Å². The van der Waals surface area contributed by atoms with E-state index in [1.807, 2.05) is 12.1 Å². The van der Waals surface area contributed by atoms with Gasteiger partial charge in [-0.2, -0.15) is 5.26 Å². The Bertz CT molecular complexity index is 547. The van der Waals surface area contributed by atoms with Gasteiger partial charge in [0, 0.05) is 24.3 Å². The van der Waals surface area contributed by atoms with Gasteiger partial charge < -0.3 is 10.0 Å². The number of benzene rings is 1. The summed E-state index contributed by atoms with van der Waals surface area (Å²) in [5.41, 5.74) is 2.69. The smallest absolute Gasteiger partial charge is 0.0992 e. The van der Waals surface area contributed by atoms with Crippen LogP contribution in [0.2, 0.25) is 0 Å². The normalized spacial score (nSPS) is 26.8. The molecular formula is C18H24N2O. The van der Waals surface area contributed by atoms with Gasteiger partial charge >= 0.3 is 0 Å². The predicted molar refractivity (Wildman–Crippen MR) is 84.1 cm³/mol. The van der Waals surface area contributed by atoms with Gasteiger partial charge in [-0.15, -0.1) is 0 Å². The standard InChI is InChI=1S/C18H24N2O/c1-13(21)17-7-6-14(11-19)10-18(17)20-9-8-15-4-2-3-5-16(15)12-20/h6-7,10,13,15-16,21H,2-5,8-9,12H2,1H3/t13-,15?,16?/m0/s1. The number of nitrogens with zero attached hydrogens (tertiary/aromatic N) is 2. The summed E-state index contributed by atoms with van der Waals surface area (Å²) in [5.74, 6) is 1.68. The van der Waals surface area contributed by atoms with Crippen LogP contribution in [-0.4, -0.2) is 18.2 Å². The van der Waals surface area contributed by atoms with Gasteiger partial charge in [-0.25, -0.2) is 0 Å². The lowest BCUT2D eigenvalue weighted by Crippen LogP contribution is -2.42. The van der Waals surface area contributed by atoms with Crippen LogP contribution in [0, 0.1) is 23.2 Å². The van der Waals surface area contributed by atoms with Crippen LogP contribution < -0.4 is 4.90 Å². The van der Waals surface area contributed by atoms with Gasteiger partial charge in [0.15, 0.2) is 0 Å². The minimum absolute atomic E-state index is 0.489. The van der Waals surface area contributed by atoms with Crippen LogP contribution in [0.4, 0.5) is 5.69 Å². The number of nitriles is 1. The minimum Gasteiger partial charge on any atom is -0.389 e. The van der Waals surface area contributed by atoms with Crippen LogP contribution in [0.25, 0.3) is 0 Å². The maximum absolute atomic E-state index is 10.0. The van der Waals surface area contributed by atoms with E-state index >= 15 is 0 Å². The van der Waals surface area contributed by atoms with Crippen molar-refractivity contribution in [3.8, 4) is 6.07 Å². The second kappa shape index (κ2) is 6.07. The molecule has 1 heterocycles. The molecule has 21 heavy (non-hydrogen) atoms. The van der Waals surface area contributed by atoms with Crippen molar-refractivity contribution in [3.05, 3.63) is 29.3 Å². The molecule has 0 aromatic heterocycles. The van der Waals surface area contributed by atoms with Gasteiger partial charge in [-0.1, -0.05) is 25.3 Å². The molecule has 0 bridgehead atoms. The molecule has 0 radical (unpaired) electrons. The van der Waals surface area contributed by atoms with E-state index in [9.17, 15) is 5.11 Å². The Labute approximate surface area is 127 Å². The third-order valence-electron chi connectivity index (χ3n) is 5.24. The lowest BCUT2D eigenvalue weighted by Gasteiger charge is -2.43. The van der Waals surface area contributed by atoms with Gasteiger partial charge in [0.2, 0.25) is 0 Å².